The number of aromatic nitrogens is 3. The molecule has 54 heavy (non-hydrogen) atoms. The third-order valence-corrected chi connectivity index (χ3v) is 9.15. The van der Waals surface area contributed by atoms with Gasteiger partial charge in [-0.05, 0) is 83.8 Å². The molecule has 3 heteroatoms. The van der Waals surface area contributed by atoms with Crippen molar-refractivity contribution in [1.82, 2.24) is 15.0 Å². The van der Waals surface area contributed by atoms with Crippen molar-refractivity contribution in [3.63, 3.8) is 0 Å². The zero-order valence-electron chi connectivity index (χ0n) is 43.2. The highest BCUT2D eigenvalue weighted by Gasteiger charge is 2.17. The second-order valence-corrected chi connectivity index (χ2v) is 12.4. The van der Waals surface area contributed by atoms with Crippen molar-refractivity contribution in [3.8, 4) is 67.5 Å². The molecule has 0 aliphatic carbocycles. The second kappa shape index (κ2) is 13.4. The molecule has 0 saturated heterocycles. The summed E-state index contributed by atoms with van der Waals surface area (Å²) in [5.74, 6) is 0.0233. The van der Waals surface area contributed by atoms with Crippen LogP contribution in [0.4, 0.5) is 0 Å². The Hall–Kier alpha value is -7.23. The molecule has 1 aromatic heterocycles. The van der Waals surface area contributed by atoms with Gasteiger partial charge in [0.05, 0.1) is 20.6 Å². The maximum absolute atomic E-state index is 9.82. The summed E-state index contributed by atoms with van der Waals surface area (Å²) < 4.78 is 136. The lowest BCUT2D eigenvalue weighted by atomic mass is 9.92. The number of hydrogen-bond acceptors (Lipinski definition) is 3. The topological polar surface area (TPSA) is 38.7 Å². The van der Waals surface area contributed by atoms with Gasteiger partial charge in [-0.1, -0.05) is 182 Å². The number of hydrogen-bond donors (Lipinski definition) is 0. The van der Waals surface area contributed by atoms with Crippen LogP contribution in [0.5, 0.6) is 0 Å². The van der Waals surface area contributed by atoms with Crippen molar-refractivity contribution < 1.29 is 20.6 Å². The Balaban J connectivity index is 1.32. The van der Waals surface area contributed by atoms with Gasteiger partial charge in [-0.3, -0.25) is 0 Å². The summed E-state index contributed by atoms with van der Waals surface area (Å²) in [4.78, 5) is 14.6. The fourth-order valence-electron chi connectivity index (χ4n) is 6.62. The molecule has 1 heterocycles. The van der Waals surface area contributed by atoms with E-state index < -0.39 is 107 Å². The molecule has 3 nitrogen and oxygen atoms in total. The van der Waals surface area contributed by atoms with Crippen molar-refractivity contribution in [3.05, 3.63) is 200 Å². The molecule has 0 saturated carbocycles. The molecule has 0 spiro atoms. The van der Waals surface area contributed by atoms with Crippen LogP contribution >= 0.6 is 0 Å². The zero-order chi connectivity index (χ0) is 48.9. The smallest absolute Gasteiger partial charge is 0.164 e. The van der Waals surface area contributed by atoms with Crippen LogP contribution < -0.4 is 0 Å². The van der Waals surface area contributed by atoms with Gasteiger partial charge >= 0.3 is 0 Å². The monoisotopic (exact) mass is 702 g/mol. The molecule has 0 N–H and O–H groups in total. The fraction of sp³-hybridized carbons (Fsp3) is 0. The highest BCUT2D eigenvalue weighted by molar-refractivity contribution is 6.25. The quantitative estimate of drug-likeness (QED) is 0.162. The lowest BCUT2D eigenvalue weighted by Gasteiger charge is -2.14. The van der Waals surface area contributed by atoms with Crippen molar-refractivity contribution in [2.45, 2.75) is 0 Å². The first-order valence-electron chi connectivity index (χ1n) is 24.6. The minimum atomic E-state index is -0.780. The lowest BCUT2D eigenvalue weighted by Crippen LogP contribution is -2.01. The van der Waals surface area contributed by atoms with Gasteiger partial charge in [0.2, 0.25) is 0 Å². The van der Waals surface area contributed by atoms with Crippen LogP contribution in [0.25, 0.3) is 99.9 Å². The van der Waals surface area contributed by atoms with Crippen LogP contribution in [0.1, 0.15) is 20.6 Å². The van der Waals surface area contributed by atoms with Crippen molar-refractivity contribution in [1.29, 1.82) is 0 Å². The first-order chi connectivity index (χ1) is 33.0. The standard InChI is InChI=1S/C51H33N3/c1-3-15-34(16-4-1)36-19-13-21-39(31-36)49-52-50(54-51(53-49)47-28-12-7-23-41(47)35-17-5-2-6-18-35)40-22-14-20-37(32-40)38-29-30-46-44-26-9-8-24-42(44)43-25-10-11-27-45(43)48(46)33-38/h1-33H/i8D,9D,10D,11D,14D,20D,22D,24D,25D,26D,27D,29D,30D,32D,33D. The van der Waals surface area contributed by atoms with Crippen LogP contribution in [-0.4, -0.2) is 15.0 Å². The zero-order valence-corrected chi connectivity index (χ0v) is 28.2. The molecule has 0 fully saturated rings. The van der Waals surface area contributed by atoms with Crippen LogP contribution in [-0.2, 0) is 0 Å². The second-order valence-electron chi connectivity index (χ2n) is 12.4. The van der Waals surface area contributed by atoms with Crippen LogP contribution in [0.2, 0.25) is 0 Å². The molecule has 0 unspecified atom stereocenters. The lowest BCUT2D eigenvalue weighted by molar-refractivity contribution is 1.07. The van der Waals surface area contributed by atoms with Gasteiger partial charge in [0.1, 0.15) is 0 Å². The van der Waals surface area contributed by atoms with Crippen molar-refractivity contribution in [2.75, 3.05) is 0 Å². The van der Waals surface area contributed by atoms with Crippen molar-refractivity contribution in [2.24, 2.45) is 0 Å². The number of nitrogens with zero attached hydrogens (tertiary/aromatic N) is 3. The predicted octanol–water partition coefficient (Wildman–Crippen LogP) is 13.3. The molecule has 0 aliphatic heterocycles. The van der Waals surface area contributed by atoms with E-state index in [1.165, 1.54) is 0 Å². The van der Waals surface area contributed by atoms with E-state index in [0.29, 0.717) is 11.1 Å². The molecule has 0 atom stereocenters. The van der Waals surface area contributed by atoms with Gasteiger partial charge < -0.3 is 0 Å². The van der Waals surface area contributed by atoms with E-state index in [0.717, 1.165) is 22.3 Å². The summed E-state index contributed by atoms with van der Waals surface area (Å²) in [6, 6.07) is 23.4. The summed E-state index contributed by atoms with van der Waals surface area (Å²) in [6.07, 6.45) is 0. The molecule has 10 aromatic rings. The van der Waals surface area contributed by atoms with Gasteiger partial charge in [0.25, 0.3) is 0 Å². The van der Waals surface area contributed by atoms with E-state index in [2.05, 4.69) is 0 Å². The fourth-order valence-corrected chi connectivity index (χ4v) is 6.62. The minimum Gasteiger partial charge on any atom is -0.208 e. The number of fused-ring (bicyclic) bond motifs is 6. The predicted molar refractivity (Wildman–Crippen MR) is 225 cm³/mol. The van der Waals surface area contributed by atoms with E-state index >= 15 is 0 Å². The summed E-state index contributed by atoms with van der Waals surface area (Å²) >= 11 is 0. The van der Waals surface area contributed by atoms with E-state index in [9.17, 15) is 8.22 Å². The number of benzene rings is 9. The Morgan fingerprint density at radius 3 is 1.50 bits per heavy atom. The largest absolute Gasteiger partial charge is 0.208 e. The first-order valence-corrected chi connectivity index (χ1v) is 17.1. The maximum Gasteiger partial charge on any atom is 0.164 e. The van der Waals surface area contributed by atoms with Gasteiger partial charge in [-0.25, -0.2) is 15.0 Å². The summed E-state index contributed by atoms with van der Waals surface area (Å²) in [7, 11) is 0. The average Bonchev–Trinajstić information content (AvgIpc) is 3.37. The molecule has 0 amide bonds. The maximum atomic E-state index is 9.82. The normalized spacial score (nSPS) is 15.2. The van der Waals surface area contributed by atoms with Gasteiger partial charge in [-0.15, -0.1) is 0 Å². The summed E-state index contributed by atoms with van der Waals surface area (Å²) in [6.45, 7) is 0. The number of rotatable bonds is 6. The molecule has 0 bridgehead atoms. The summed E-state index contributed by atoms with van der Waals surface area (Å²) in [5.41, 5.74) is 2.98. The third kappa shape index (κ3) is 5.69. The average molecular weight is 703 g/mol. The van der Waals surface area contributed by atoms with E-state index in [1.54, 1.807) is 6.07 Å². The highest BCUT2D eigenvalue weighted by atomic mass is 15.0. The molecule has 0 radical (unpaired) electrons. The Morgan fingerprint density at radius 1 is 0.296 bits per heavy atom. The third-order valence-electron chi connectivity index (χ3n) is 9.15. The Morgan fingerprint density at radius 2 is 0.796 bits per heavy atom. The van der Waals surface area contributed by atoms with Crippen LogP contribution in [0.3, 0.4) is 0 Å². The van der Waals surface area contributed by atoms with Gasteiger partial charge in [0, 0.05) is 16.7 Å². The van der Waals surface area contributed by atoms with E-state index in [1.807, 2.05) is 103 Å². The Bertz CT molecular complexity index is 3800. The Labute approximate surface area is 335 Å². The summed E-state index contributed by atoms with van der Waals surface area (Å²) in [5, 5.41) is -2.20. The first kappa shape index (κ1) is 19.6. The van der Waals surface area contributed by atoms with Crippen LogP contribution in [0, 0.1) is 0 Å². The van der Waals surface area contributed by atoms with Gasteiger partial charge in [0.15, 0.2) is 17.5 Å². The molecular formula is C51H33N3. The van der Waals surface area contributed by atoms with E-state index in [-0.39, 0.29) is 50.0 Å². The van der Waals surface area contributed by atoms with E-state index in [4.69, 9.17) is 27.3 Å². The molecule has 9 aromatic carbocycles. The molecule has 10 rings (SSSR count). The minimum absolute atomic E-state index is 0.135. The van der Waals surface area contributed by atoms with Gasteiger partial charge in [-0.2, -0.15) is 0 Å². The Kier molecular flexibility index (Phi) is 4.85. The highest BCUT2D eigenvalue weighted by Crippen LogP contribution is 2.38. The van der Waals surface area contributed by atoms with Crippen LogP contribution in [0.15, 0.2) is 200 Å². The molecule has 0 aliphatic rings. The molecule has 252 valence electrons. The molecular weight excluding hydrogens is 655 g/mol. The SMILES string of the molecule is [2H]c1c([2H])c(-c2nc(-c3cccc(-c4ccccc4)c3)nc(-c3ccccc3-c3ccccc3)n2)c([2H])c(-c2c([2H])c([2H])c3c4c([2H])c([2H])c([2H])c([2H])c4c4c([2H])c([2H])c([2H])c([2H])c4c3c2[2H])c1[2H]. The van der Waals surface area contributed by atoms with Crippen molar-refractivity contribution >= 4 is 32.3 Å².